The van der Waals surface area contributed by atoms with Gasteiger partial charge in [-0.3, -0.25) is 14.4 Å². The fourth-order valence-electron chi connectivity index (χ4n) is 4.99. The lowest BCUT2D eigenvalue weighted by atomic mass is 9.93. The minimum absolute atomic E-state index is 0.0485. The molecule has 4 aromatic carbocycles. The highest BCUT2D eigenvalue weighted by atomic mass is 35.5. The number of fused-ring (bicyclic) bond motifs is 1. The third-order valence-electron chi connectivity index (χ3n) is 7.46. The summed E-state index contributed by atoms with van der Waals surface area (Å²) in [4.78, 5) is 44.7. The van der Waals surface area contributed by atoms with Crippen molar-refractivity contribution in [2.75, 3.05) is 0 Å². The number of benzene rings is 4. The molecule has 2 N–H and O–H groups in total. The Morgan fingerprint density at radius 2 is 1.49 bits per heavy atom. The monoisotopic (exact) mass is 593 g/mol. The summed E-state index contributed by atoms with van der Waals surface area (Å²) in [5.41, 5.74) is 4.23. The Kier molecular flexibility index (Phi) is 9.32. The van der Waals surface area contributed by atoms with Crippen molar-refractivity contribution >= 4 is 40.3 Å². The number of ketones is 1. The van der Waals surface area contributed by atoms with Crippen LogP contribution in [0.4, 0.5) is 0 Å². The first-order chi connectivity index (χ1) is 20.8. The van der Waals surface area contributed by atoms with E-state index in [1.807, 2.05) is 79.7 Å². The van der Waals surface area contributed by atoms with Crippen LogP contribution >= 0.6 is 11.6 Å². The SMILES string of the molecule is CC[C@H](NC(=O)[C@@H](C[C@H](C)c1ccccc1)NC(=O)c1ccc(-c2ccccc2Cl)cc1)C(=O)c1nc2ccccc2o1. The van der Waals surface area contributed by atoms with Gasteiger partial charge in [-0.2, -0.15) is 0 Å². The highest BCUT2D eigenvalue weighted by molar-refractivity contribution is 6.33. The molecule has 0 fully saturated rings. The van der Waals surface area contributed by atoms with Gasteiger partial charge in [0.15, 0.2) is 5.58 Å². The average molecular weight is 594 g/mol. The van der Waals surface area contributed by atoms with Crippen molar-refractivity contribution in [1.82, 2.24) is 15.6 Å². The largest absolute Gasteiger partial charge is 0.434 e. The van der Waals surface area contributed by atoms with Crippen LogP contribution in [0.5, 0.6) is 0 Å². The standard InChI is InChI=1S/C35H32ClN3O4/c1-3-28(32(40)35-39-29-15-9-10-16-31(29)43-35)37-34(42)30(21-22(2)23-11-5-4-6-12-23)38-33(41)25-19-17-24(18-20-25)26-13-7-8-14-27(26)36/h4-20,22,28,30H,3,21H2,1-2H3,(H,37,42)(H,38,41)/t22-,28-,30+/m0/s1. The maximum Gasteiger partial charge on any atom is 0.266 e. The molecule has 0 aliphatic rings. The summed E-state index contributed by atoms with van der Waals surface area (Å²) in [5.74, 6) is -1.40. The first-order valence-corrected chi connectivity index (χ1v) is 14.6. The number of Topliss-reactive ketones (excluding diaryl/α,β-unsaturated/α-hetero) is 1. The van der Waals surface area contributed by atoms with E-state index in [-0.39, 0.29) is 11.8 Å². The molecule has 8 heteroatoms. The summed E-state index contributed by atoms with van der Waals surface area (Å²) in [6.07, 6.45) is 0.647. The number of hydrogen-bond acceptors (Lipinski definition) is 5. The van der Waals surface area contributed by atoms with E-state index in [0.29, 0.717) is 34.5 Å². The van der Waals surface area contributed by atoms with Crippen LogP contribution in [0, 0.1) is 0 Å². The quantitative estimate of drug-likeness (QED) is 0.157. The Morgan fingerprint density at radius 1 is 0.814 bits per heavy atom. The molecule has 0 saturated carbocycles. The number of carbonyl (C=O) groups is 3. The van der Waals surface area contributed by atoms with Crippen LogP contribution in [0.3, 0.4) is 0 Å². The maximum atomic E-state index is 13.7. The summed E-state index contributed by atoms with van der Waals surface area (Å²) >= 11 is 6.34. The van der Waals surface area contributed by atoms with Gasteiger partial charge in [0, 0.05) is 16.1 Å². The van der Waals surface area contributed by atoms with E-state index in [9.17, 15) is 14.4 Å². The number of aromatic nitrogens is 1. The van der Waals surface area contributed by atoms with Crippen LogP contribution in [0.25, 0.3) is 22.2 Å². The second-order valence-electron chi connectivity index (χ2n) is 10.5. The van der Waals surface area contributed by atoms with Gasteiger partial charge < -0.3 is 15.1 Å². The maximum absolute atomic E-state index is 13.7. The molecule has 5 rings (SSSR count). The van der Waals surface area contributed by atoms with E-state index >= 15 is 0 Å². The van der Waals surface area contributed by atoms with Gasteiger partial charge in [0.2, 0.25) is 11.7 Å². The molecule has 0 saturated heterocycles. The molecule has 0 aliphatic carbocycles. The summed E-state index contributed by atoms with van der Waals surface area (Å²) in [6, 6.07) is 29.6. The number of rotatable bonds is 11. The van der Waals surface area contributed by atoms with Crippen molar-refractivity contribution in [3.8, 4) is 11.1 Å². The summed E-state index contributed by atoms with van der Waals surface area (Å²) in [6.45, 7) is 3.80. The minimum atomic E-state index is -0.906. The van der Waals surface area contributed by atoms with Crippen LogP contribution in [0.15, 0.2) is 108 Å². The third-order valence-corrected chi connectivity index (χ3v) is 7.79. The molecule has 1 aromatic heterocycles. The zero-order valence-corrected chi connectivity index (χ0v) is 24.7. The van der Waals surface area contributed by atoms with Crippen LogP contribution in [0.1, 0.15) is 59.2 Å². The summed E-state index contributed by atoms with van der Waals surface area (Å²) < 4.78 is 5.66. The molecule has 0 aliphatic heterocycles. The lowest BCUT2D eigenvalue weighted by Crippen LogP contribution is -2.51. The van der Waals surface area contributed by atoms with E-state index in [4.69, 9.17) is 16.0 Å². The number of nitrogens with one attached hydrogen (secondary N) is 2. The number of hydrogen-bond donors (Lipinski definition) is 2. The zero-order chi connectivity index (χ0) is 30.3. The van der Waals surface area contributed by atoms with Gasteiger partial charge in [-0.1, -0.05) is 98.2 Å². The second-order valence-corrected chi connectivity index (χ2v) is 10.9. The minimum Gasteiger partial charge on any atom is -0.434 e. The molecule has 7 nitrogen and oxygen atoms in total. The third kappa shape index (κ3) is 7.01. The van der Waals surface area contributed by atoms with Gasteiger partial charge in [0.05, 0.1) is 6.04 Å². The highest BCUT2D eigenvalue weighted by Crippen LogP contribution is 2.28. The van der Waals surface area contributed by atoms with E-state index in [0.717, 1.165) is 16.7 Å². The molecule has 2 amide bonds. The van der Waals surface area contributed by atoms with E-state index < -0.39 is 29.7 Å². The van der Waals surface area contributed by atoms with Gasteiger partial charge in [0.25, 0.3) is 11.8 Å². The molecular weight excluding hydrogens is 562 g/mol. The van der Waals surface area contributed by atoms with Crippen molar-refractivity contribution < 1.29 is 18.8 Å². The number of amides is 2. The lowest BCUT2D eigenvalue weighted by molar-refractivity contribution is -0.123. The van der Waals surface area contributed by atoms with Gasteiger partial charge in [-0.05, 0) is 60.2 Å². The highest BCUT2D eigenvalue weighted by Gasteiger charge is 2.30. The smallest absolute Gasteiger partial charge is 0.266 e. The molecule has 5 aromatic rings. The average Bonchev–Trinajstić information content (AvgIpc) is 3.48. The predicted molar refractivity (Wildman–Crippen MR) is 168 cm³/mol. The van der Waals surface area contributed by atoms with Crippen molar-refractivity contribution in [1.29, 1.82) is 0 Å². The molecule has 0 bridgehead atoms. The number of nitrogens with zero attached hydrogens (tertiary/aromatic N) is 1. The van der Waals surface area contributed by atoms with Crippen molar-refractivity contribution in [3.05, 3.63) is 125 Å². The number of para-hydroxylation sites is 2. The number of halogens is 1. The Labute approximate surface area is 255 Å². The zero-order valence-electron chi connectivity index (χ0n) is 23.9. The fraction of sp³-hybridized carbons (Fsp3) is 0.200. The molecule has 0 unspecified atom stereocenters. The number of oxazole rings is 1. The van der Waals surface area contributed by atoms with Crippen LogP contribution < -0.4 is 10.6 Å². The van der Waals surface area contributed by atoms with Crippen molar-refractivity contribution in [2.45, 2.75) is 44.7 Å². The van der Waals surface area contributed by atoms with Gasteiger partial charge in [-0.25, -0.2) is 4.98 Å². The van der Waals surface area contributed by atoms with Crippen molar-refractivity contribution in [2.24, 2.45) is 0 Å². The normalized spacial score (nSPS) is 13.2. The Morgan fingerprint density at radius 3 is 2.19 bits per heavy atom. The predicted octanol–water partition coefficient (Wildman–Crippen LogP) is 7.22. The van der Waals surface area contributed by atoms with E-state index in [1.165, 1.54) is 0 Å². The topological polar surface area (TPSA) is 101 Å². The molecule has 43 heavy (non-hydrogen) atoms. The second kappa shape index (κ2) is 13.5. The van der Waals surface area contributed by atoms with Gasteiger partial charge >= 0.3 is 0 Å². The fourth-order valence-corrected chi connectivity index (χ4v) is 5.24. The van der Waals surface area contributed by atoms with E-state index in [2.05, 4.69) is 15.6 Å². The van der Waals surface area contributed by atoms with Gasteiger partial charge in [-0.15, -0.1) is 0 Å². The van der Waals surface area contributed by atoms with E-state index in [1.54, 1.807) is 37.3 Å². The summed E-state index contributed by atoms with van der Waals surface area (Å²) in [7, 11) is 0. The molecular formula is C35H32ClN3O4. The molecule has 1 heterocycles. The Balaban J connectivity index is 1.34. The van der Waals surface area contributed by atoms with Gasteiger partial charge in [0.1, 0.15) is 11.6 Å². The van der Waals surface area contributed by atoms with Crippen molar-refractivity contribution in [3.63, 3.8) is 0 Å². The Bertz CT molecular complexity index is 1700. The molecule has 0 spiro atoms. The first-order valence-electron chi connectivity index (χ1n) is 14.2. The lowest BCUT2D eigenvalue weighted by Gasteiger charge is -2.24. The number of carbonyl (C=O) groups excluding carboxylic acids is 3. The van der Waals surface area contributed by atoms with Crippen LogP contribution in [-0.2, 0) is 4.79 Å². The van der Waals surface area contributed by atoms with Crippen LogP contribution in [-0.4, -0.2) is 34.7 Å². The van der Waals surface area contributed by atoms with Crippen LogP contribution in [0.2, 0.25) is 5.02 Å². The Hall–Kier alpha value is -4.75. The molecule has 218 valence electrons. The summed E-state index contributed by atoms with van der Waals surface area (Å²) in [5, 5.41) is 6.36. The molecule has 3 atom stereocenters. The molecule has 0 radical (unpaired) electrons. The first kappa shape index (κ1) is 29.7.